The first-order chi connectivity index (χ1) is 15.2. The zero-order valence-electron chi connectivity index (χ0n) is 18.5. The third kappa shape index (κ3) is 3.83. The number of benzene rings is 2. The predicted molar refractivity (Wildman–Crippen MR) is 123 cm³/mol. The fourth-order valence-corrected chi connectivity index (χ4v) is 5.94. The molecule has 168 valence electrons. The molecule has 8 heteroatoms. The quantitative estimate of drug-likeness (QED) is 0.702. The van der Waals surface area contributed by atoms with Crippen LogP contribution in [-0.2, 0) is 16.1 Å². The number of carbonyl (C=O) groups is 3. The van der Waals surface area contributed by atoms with Gasteiger partial charge in [0, 0.05) is 22.4 Å². The number of hydrogen-bond acceptors (Lipinski definition) is 5. The Balaban J connectivity index is 1.44. The number of rotatable bonds is 6. The maximum Gasteiger partial charge on any atom is 0.256 e. The molecule has 2 aromatic rings. The highest BCUT2D eigenvalue weighted by Crippen LogP contribution is 2.56. The van der Waals surface area contributed by atoms with E-state index in [1.807, 2.05) is 56.3 Å². The molecule has 7 nitrogen and oxygen atoms in total. The molecule has 0 radical (unpaired) electrons. The largest absolute Gasteiger partial charge is 0.496 e. The summed E-state index contributed by atoms with van der Waals surface area (Å²) in [5, 5.41) is 5.46. The van der Waals surface area contributed by atoms with Crippen LogP contribution in [0.2, 0.25) is 0 Å². The van der Waals surface area contributed by atoms with Gasteiger partial charge in [0.15, 0.2) is 0 Å². The monoisotopic (exact) mass is 453 g/mol. The second kappa shape index (κ2) is 8.50. The molecular weight excluding hydrogens is 426 g/mol. The molecule has 0 saturated carbocycles. The van der Waals surface area contributed by atoms with Gasteiger partial charge in [0.05, 0.1) is 7.11 Å². The number of nitrogens with zero attached hydrogens (tertiary/aromatic N) is 1. The van der Waals surface area contributed by atoms with E-state index in [1.165, 1.54) is 0 Å². The Hall–Kier alpha value is -3.00. The summed E-state index contributed by atoms with van der Waals surface area (Å²) in [5.41, 5.74) is 2.42. The highest BCUT2D eigenvalue weighted by atomic mass is 32.2. The van der Waals surface area contributed by atoms with E-state index in [0.29, 0.717) is 11.3 Å². The summed E-state index contributed by atoms with van der Waals surface area (Å²) in [6.07, 6.45) is 0. The summed E-state index contributed by atoms with van der Waals surface area (Å²) < 4.78 is 4.81. The lowest BCUT2D eigenvalue weighted by Gasteiger charge is -2.30. The highest BCUT2D eigenvalue weighted by Gasteiger charge is 2.57. The van der Waals surface area contributed by atoms with Gasteiger partial charge < -0.3 is 20.3 Å². The SMILES string of the molecule is COc1ccccc1CNC(=O)[C@H](C)NC(=O)[C@H]1N2C(=O)c3ccccc3[C@H]2SC1(C)C. The Morgan fingerprint density at radius 2 is 1.84 bits per heavy atom. The maximum atomic E-state index is 13.3. The molecule has 3 amide bonds. The van der Waals surface area contributed by atoms with Gasteiger partial charge >= 0.3 is 0 Å². The third-order valence-corrected chi connectivity index (χ3v) is 7.48. The molecule has 0 bridgehead atoms. The van der Waals surface area contributed by atoms with Crippen LogP contribution in [0.4, 0.5) is 0 Å². The number of nitrogens with one attached hydrogen (secondary N) is 2. The number of para-hydroxylation sites is 1. The first-order valence-corrected chi connectivity index (χ1v) is 11.4. The molecule has 2 aliphatic heterocycles. The van der Waals surface area contributed by atoms with Crippen molar-refractivity contribution in [3.8, 4) is 5.75 Å². The third-order valence-electron chi connectivity index (χ3n) is 5.94. The molecule has 0 unspecified atom stereocenters. The second-order valence-corrected chi connectivity index (χ2v) is 10.3. The van der Waals surface area contributed by atoms with Crippen LogP contribution >= 0.6 is 11.8 Å². The molecule has 2 heterocycles. The lowest BCUT2D eigenvalue weighted by Crippen LogP contribution is -2.56. The van der Waals surface area contributed by atoms with Crippen molar-refractivity contribution in [3.05, 3.63) is 65.2 Å². The minimum atomic E-state index is -0.753. The van der Waals surface area contributed by atoms with Crippen molar-refractivity contribution in [2.45, 2.75) is 49.5 Å². The minimum absolute atomic E-state index is 0.142. The molecule has 0 spiro atoms. The Bertz CT molecular complexity index is 1070. The van der Waals surface area contributed by atoms with Gasteiger partial charge in [0.2, 0.25) is 11.8 Å². The molecule has 4 rings (SSSR count). The lowest BCUT2D eigenvalue weighted by atomic mass is 10.0. The Morgan fingerprint density at radius 1 is 1.16 bits per heavy atom. The van der Waals surface area contributed by atoms with E-state index in [0.717, 1.165) is 11.1 Å². The Morgan fingerprint density at radius 3 is 2.59 bits per heavy atom. The van der Waals surface area contributed by atoms with E-state index in [-0.39, 0.29) is 29.6 Å². The van der Waals surface area contributed by atoms with Gasteiger partial charge in [-0.05, 0) is 38.5 Å². The van der Waals surface area contributed by atoms with E-state index in [4.69, 9.17) is 4.74 Å². The number of thioether (sulfide) groups is 1. The molecule has 0 aromatic heterocycles. The van der Waals surface area contributed by atoms with Crippen molar-refractivity contribution in [2.75, 3.05) is 7.11 Å². The fourth-order valence-electron chi connectivity index (χ4n) is 4.35. The number of methoxy groups -OCH3 is 1. The van der Waals surface area contributed by atoms with Crippen LogP contribution in [0.25, 0.3) is 0 Å². The van der Waals surface area contributed by atoms with Crippen molar-refractivity contribution in [3.63, 3.8) is 0 Å². The van der Waals surface area contributed by atoms with E-state index in [2.05, 4.69) is 10.6 Å². The molecule has 1 saturated heterocycles. The molecule has 2 aliphatic rings. The summed E-state index contributed by atoms with van der Waals surface area (Å²) in [4.78, 5) is 40.6. The Kier molecular flexibility index (Phi) is 5.90. The highest BCUT2D eigenvalue weighted by molar-refractivity contribution is 8.01. The van der Waals surface area contributed by atoms with E-state index >= 15 is 0 Å². The molecule has 3 atom stereocenters. The smallest absolute Gasteiger partial charge is 0.256 e. The minimum Gasteiger partial charge on any atom is -0.496 e. The van der Waals surface area contributed by atoms with Crippen molar-refractivity contribution in [2.24, 2.45) is 0 Å². The van der Waals surface area contributed by atoms with Crippen molar-refractivity contribution in [1.82, 2.24) is 15.5 Å². The van der Waals surface area contributed by atoms with Gasteiger partial charge in [-0.15, -0.1) is 11.8 Å². The van der Waals surface area contributed by atoms with Crippen molar-refractivity contribution < 1.29 is 19.1 Å². The van der Waals surface area contributed by atoms with E-state index in [1.54, 1.807) is 36.8 Å². The normalized spacial score (nSPS) is 21.5. The maximum absolute atomic E-state index is 13.3. The first kappa shape index (κ1) is 22.2. The standard InChI is InChI=1S/C24H27N3O4S/c1-14(20(28)25-13-15-9-5-8-12-18(15)31-4)26-21(29)19-24(2,3)32-23-17-11-7-6-10-16(17)22(30)27(19)23/h5-12,14,19,23H,13H2,1-4H3,(H,25,28)(H,26,29)/t14-,19+,23+/m0/s1. The number of carbonyl (C=O) groups excluding carboxylic acids is 3. The zero-order valence-corrected chi connectivity index (χ0v) is 19.4. The summed E-state index contributed by atoms with van der Waals surface area (Å²) in [7, 11) is 1.58. The van der Waals surface area contributed by atoms with E-state index < -0.39 is 16.8 Å². The Labute approximate surface area is 191 Å². The second-order valence-electron chi connectivity index (χ2n) is 8.54. The van der Waals surface area contributed by atoms with Gasteiger partial charge in [-0.1, -0.05) is 36.4 Å². The average molecular weight is 454 g/mol. The average Bonchev–Trinajstić information content (AvgIpc) is 3.21. The topological polar surface area (TPSA) is 87.7 Å². The summed E-state index contributed by atoms with van der Waals surface area (Å²) >= 11 is 1.60. The van der Waals surface area contributed by atoms with Crippen LogP contribution in [0.1, 0.15) is 47.6 Å². The van der Waals surface area contributed by atoms with Gasteiger partial charge in [-0.2, -0.15) is 0 Å². The molecule has 1 fully saturated rings. The summed E-state index contributed by atoms with van der Waals surface area (Å²) in [6, 6.07) is 13.5. The molecule has 0 aliphatic carbocycles. The number of hydrogen-bond donors (Lipinski definition) is 2. The van der Waals surface area contributed by atoms with Gasteiger partial charge in [-0.25, -0.2) is 0 Å². The van der Waals surface area contributed by atoms with Gasteiger partial charge in [0.1, 0.15) is 23.2 Å². The summed E-state index contributed by atoms with van der Waals surface area (Å²) in [6.45, 7) is 5.85. The molecule has 2 N–H and O–H groups in total. The molecular formula is C24H27N3O4S. The lowest BCUT2D eigenvalue weighted by molar-refractivity contribution is -0.131. The number of ether oxygens (including phenoxy) is 1. The summed E-state index contributed by atoms with van der Waals surface area (Å²) in [5.74, 6) is -0.0872. The molecule has 32 heavy (non-hydrogen) atoms. The first-order valence-electron chi connectivity index (χ1n) is 10.5. The van der Waals surface area contributed by atoms with Crippen LogP contribution in [0.5, 0.6) is 5.75 Å². The fraction of sp³-hybridized carbons (Fsp3) is 0.375. The van der Waals surface area contributed by atoms with Crippen molar-refractivity contribution >= 4 is 29.5 Å². The van der Waals surface area contributed by atoms with Gasteiger partial charge in [-0.3, -0.25) is 14.4 Å². The van der Waals surface area contributed by atoms with Crippen LogP contribution in [-0.4, -0.2) is 46.6 Å². The van der Waals surface area contributed by atoms with Crippen LogP contribution < -0.4 is 15.4 Å². The number of fused-ring (bicyclic) bond motifs is 3. The molecule has 2 aromatic carbocycles. The van der Waals surface area contributed by atoms with Crippen LogP contribution in [0.15, 0.2) is 48.5 Å². The predicted octanol–water partition coefficient (Wildman–Crippen LogP) is 2.86. The zero-order chi connectivity index (χ0) is 23.0. The van der Waals surface area contributed by atoms with Gasteiger partial charge in [0.25, 0.3) is 5.91 Å². The van der Waals surface area contributed by atoms with Crippen LogP contribution in [0, 0.1) is 0 Å². The number of amides is 3. The van der Waals surface area contributed by atoms with Crippen molar-refractivity contribution in [1.29, 1.82) is 0 Å². The van der Waals surface area contributed by atoms with E-state index in [9.17, 15) is 14.4 Å². The van der Waals surface area contributed by atoms with Crippen LogP contribution in [0.3, 0.4) is 0 Å².